The topological polar surface area (TPSA) is 24.3 Å². The molecule has 1 saturated heterocycles. The maximum Gasteiger partial charge on any atom is 0.0834 e. The van der Waals surface area contributed by atoms with Crippen molar-refractivity contribution >= 4 is 17.3 Å². The Bertz CT molecular complexity index is 894. The van der Waals surface area contributed by atoms with Crippen molar-refractivity contribution in [3.05, 3.63) is 76.6 Å². The maximum absolute atomic E-state index is 5.99. The highest BCUT2D eigenvalue weighted by Crippen LogP contribution is 2.28. The lowest BCUT2D eigenvalue weighted by atomic mass is 10.2. The number of anilines is 1. The molecule has 4 rings (SSSR count). The van der Waals surface area contributed by atoms with Gasteiger partial charge in [-0.2, -0.15) is 5.10 Å². The van der Waals surface area contributed by atoms with Crippen molar-refractivity contribution < 1.29 is 0 Å². The van der Waals surface area contributed by atoms with Crippen molar-refractivity contribution in [1.82, 2.24) is 14.7 Å². The molecule has 0 saturated carbocycles. The Morgan fingerprint density at radius 1 is 0.889 bits per heavy atom. The van der Waals surface area contributed by atoms with E-state index in [4.69, 9.17) is 16.7 Å². The number of rotatable bonds is 4. The molecule has 140 valence electrons. The Morgan fingerprint density at radius 2 is 1.56 bits per heavy atom. The van der Waals surface area contributed by atoms with Gasteiger partial charge in [0.1, 0.15) is 0 Å². The van der Waals surface area contributed by atoms with Crippen LogP contribution in [-0.4, -0.2) is 40.9 Å². The lowest BCUT2D eigenvalue weighted by Crippen LogP contribution is -2.46. The number of aromatic nitrogens is 2. The zero-order chi connectivity index (χ0) is 18.8. The van der Waals surface area contributed by atoms with Crippen LogP contribution in [0.3, 0.4) is 0 Å². The molecule has 1 aromatic heterocycles. The van der Waals surface area contributed by atoms with Gasteiger partial charge in [0.05, 0.1) is 22.8 Å². The molecule has 5 heteroatoms. The molecule has 0 N–H and O–H groups in total. The molecular weight excluding hydrogens is 356 g/mol. The van der Waals surface area contributed by atoms with Crippen LogP contribution in [0.4, 0.5) is 5.69 Å². The fourth-order valence-electron chi connectivity index (χ4n) is 3.89. The average Bonchev–Trinajstić information content (AvgIpc) is 2.99. The Morgan fingerprint density at radius 3 is 2.22 bits per heavy atom. The van der Waals surface area contributed by atoms with Crippen LogP contribution in [0.1, 0.15) is 17.0 Å². The van der Waals surface area contributed by atoms with Gasteiger partial charge in [0.15, 0.2) is 0 Å². The van der Waals surface area contributed by atoms with Gasteiger partial charge in [-0.25, -0.2) is 4.68 Å². The van der Waals surface area contributed by atoms with Crippen LogP contribution in [0.5, 0.6) is 0 Å². The molecule has 0 unspecified atom stereocenters. The Hall–Kier alpha value is -2.30. The average molecular weight is 381 g/mol. The molecule has 1 aliphatic heterocycles. The van der Waals surface area contributed by atoms with E-state index < -0.39 is 0 Å². The second kappa shape index (κ2) is 7.75. The molecule has 0 amide bonds. The third-order valence-corrected chi connectivity index (χ3v) is 5.51. The molecule has 1 fully saturated rings. The molecule has 0 spiro atoms. The van der Waals surface area contributed by atoms with E-state index >= 15 is 0 Å². The molecule has 4 nitrogen and oxygen atoms in total. The Labute approximate surface area is 166 Å². The van der Waals surface area contributed by atoms with Crippen molar-refractivity contribution in [2.24, 2.45) is 0 Å². The van der Waals surface area contributed by atoms with E-state index in [2.05, 4.69) is 64.7 Å². The number of para-hydroxylation sites is 1. The predicted molar refractivity (Wildman–Crippen MR) is 112 cm³/mol. The van der Waals surface area contributed by atoms with Crippen LogP contribution in [0.25, 0.3) is 5.69 Å². The summed E-state index contributed by atoms with van der Waals surface area (Å²) in [4.78, 5) is 4.99. The van der Waals surface area contributed by atoms with Crippen molar-refractivity contribution in [2.45, 2.75) is 20.4 Å². The highest BCUT2D eigenvalue weighted by atomic mass is 35.5. The van der Waals surface area contributed by atoms with Crippen molar-refractivity contribution in [2.75, 3.05) is 31.1 Å². The van der Waals surface area contributed by atoms with Gasteiger partial charge in [-0.3, -0.25) is 4.90 Å². The summed E-state index contributed by atoms with van der Waals surface area (Å²) < 4.78 is 2.06. The maximum atomic E-state index is 5.99. The summed E-state index contributed by atoms with van der Waals surface area (Å²) in [6.07, 6.45) is 0. The van der Waals surface area contributed by atoms with Crippen molar-refractivity contribution in [1.29, 1.82) is 0 Å². The summed E-state index contributed by atoms with van der Waals surface area (Å²) in [5.74, 6) is 0. The molecule has 0 radical (unpaired) electrons. The molecule has 0 aliphatic carbocycles. The monoisotopic (exact) mass is 380 g/mol. The first-order valence-corrected chi connectivity index (χ1v) is 9.83. The highest BCUT2D eigenvalue weighted by Gasteiger charge is 2.23. The summed E-state index contributed by atoms with van der Waals surface area (Å²) >= 11 is 5.99. The van der Waals surface area contributed by atoms with Crippen LogP contribution in [0.15, 0.2) is 54.6 Å². The lowest BCUT2D eigenvalue weighted by Gasteiger charge is -2.36. The Kier molecular flexibility index (Phi) is 5.19. The summed E-state index contributed by atoms with van der Waals surface area (Å²) in [7, 11) is 0. The van der Waals surface area contributed by atoms with E-state index in [0.717, 1.165) is 49.1 Å². The number of nitrogens with zero attached hydrogens (tertiary/aromatic N) is 4. The van der Waals surface area contributed by atoms with Gasteiger partial charge in [-0.05, 0) is 43.7 Å². The van der Waals surface area contributed by atoms with E-state index in [1.165, 1.54) is 16.9 Å². The summed E-state index contributed by atoms with van der Waals surface area (Å²) in [6.45, 7) is 9.41. The van der Waals surface area contributed by atoms with E-state index in [9.17, 15) is 0 Å². The fraction of sp³-hybridized carbons (Fsp3) is 0.318. The quantitative estimate of drug-likeness (QED) is 0.667. The standard InChI is InChI=1S/C22H25ClN4/c1-17-22(18(2)27(24-17)21-6-4-3-5-7-21)26-14-12-25(13-15-26)16-19-8-10-20(23)11-9-19/h3-11H,12-16H2,1-2H3. The molecule has 0 bridgehead atoms. The van der Waals surface area contributed by atoms with Crippen LogP contribution in [-0.2, 0) is 6.54 Å². The smallest absolute Gasteiger partial charge is 0.0834 e. The van der Waals surface area contributed by atoms with E-state index in [0.29, 0.717) is 0 Å². The largest absolute Gasteiger partial charge is 0.366 e. The fourth-order valence-corrected chi connectivity index (χ4v) is 4.02. The molecule has 27 heavy (non-hydrogen) atoms. The van der Waals surface area contributed by atoms with Crippen molar-refractivity contribution in [3.8, 4) is 5.69 Å². The van der Waals surface area contributed by atoms with Crippen LogP contribution in [0.2, 0.25) is 5.02 Å². The normalized spacial score (nSPS) is 15.3. The number of hydrogen-bond donors (Lipinski definition) is 0. The summed E-state index contributed by atoms with van der Waals surface area (Å²) in [6, 6.07) is 18.5. The molecular formula is C22H25ClN4. The summed E-state index contributed by atoms with van der Waals surface area (Å²) in [5.41, 5.74) is 6.03. The SMILES string of the molecule is Cc1nn(-c2ccccc2)c(C)c1N1CCN(Cc2ccc(Cl)cc2)CC1. The third kappa shape index (κ3) is 3.87. The number of halogens is 1. The van der Waals surface area contributed by atoms with Gasteiger partial charge < -0.3 is 4.90 Å². The van der Waals surface area contributed by atoms with E-state index in [1.54, 1.807) is 0 Å². The molecule has 0 atom stereocenters. The first-order valence-electron chi connectivity index (χ1n) is 9.45. The lowest BCUT2D eigenvalue weighted by molar-refractivity contribution is 0.249. The zero-order valence-corrected chi connectivity index (χ0v) is 16.7. The van der Waals surface area contributed by atoms with Gasteiger partial charge >= 0.3 is 0 Å². The third-order valence-electron chi connectivity index (χ3n) is 5.26. The first-order chi connectivity index (χ1) is 13.1. The second-order valence-electron chi connectivity index (χ2n) is 7.16. The minimum absolute atomic E-state index is 0.796. The van der Waals surface area contributed by atoms with Crippen LogP contribution in [0, 0.1) is 13.8 Å². The number of benzene rings is 2. The van der Waals surface area contributed by atoms with Crippen molar-refractivity contribution in [3.63, 3.8) is 0 Å². The van der Waals surface area contributed by atoms with Gasteiger partial charge in [0, 0.05) is 37.7 Å². The number of aryl methyl sites for hydroxylation is 1. The first kappa shape index (κ1) is 18.1. The molecule has 1 aliphatic rings. The van der Waals surface area contributed by atoms with E-state index in [1.807, 2.05) is 18.2 Å². The van der Waals surface area contributed by atoms with Gasteiger partial charge in [0.2, 0.25) is 0 Å². The van der Waals surface area contributed by atoms with E-state index in [-0.39, 0.29) is 0 Å². The Balaban J connectivity index is 1.45. The summed E-state index contributed by atoms with van der Waals surface area (Å²) in [5, 5.41) is 5.60. The minimum Gasteiger partial charge on any atom is -0.366 e. The van der Waals surface area contributed by atoms with Crippen LogP contribution < -0.4 is 4.90 Å². The minimum atomic E-state index is 0.796. The predicted octanol–water partition coefficient (Wildman–Crippen LogP) is 4.46. The van der Waals surface area contributed by atoms with Gasteiger partial charge in [-0.15, -0.1) is 0 Å². The van der Waals surface area contributed by atoms with Gasteiger partial charge in [-0.1, -0.05) is 41.9 Å². The van der Waals surface area contributed by atoms with Crippen LogP contribution >= 0.6 is 11.6 Å². The zero-order valence-electron chi connectivity index (χ0n) is 15.9. The number of hydrogen-bond acceptors (Lipinski definition) is 3. The molecule has 2 aromatic carbocycles. The molecule has 3 aromatic rings. The highest BCUT2D eigenvalue weighted by molar-refractivity contribution is 6.30. The van der Waals surface area contributed by atoms with Gasteiger partial charge in [0.25, 0.3) is 0 Å². The number of piperazine rings is 1. The second-order valence-corrected chi connectivity index (χ2v) is 7.59. The molecule has 2 heterocycles.